The Morgan fingerprint density at radius 2 is 2.00 bits per heavy atom. The molecule has 0 aliphatic carbocycles. The van der Waals surface area contributed by atoms with E-state index in [-0.39, 0.29) is 6.04 Å². The van der Waals surface area contributed by atoms with Crippen LogP contribution in [-0.2, 0) is 11.3 Å². The summed E-state index contributed by atoms with van der Waals surface area (Å²) < 4.78 is 0. The van der Waals surface area contributed by atoms with Crippen molar-refractivity contribution in [2.24, 2.45) is 5.41 Å². The molecule has 0 saturated carbocycles. The van der Waals surface area contributed by atoms with Gasteiger partial charge in [0.2, 0.25) is 5.91 Å². The van der Waals surface area contributed by atoms with Crippen molar-refractivity contribution < 1.29 is 4.79 Å². The molecule has 3 aliphatic rings. The molecule has 7 heteroatoms. The van der Waals surface area contributed by atoms with Crippen LogP contribution in [0, 0.1) is 5.41 Å². The van der Waals surface area contributed by atoms with Crippen LogP contribution in [0.2, 0.25) is 5.15 Å². The van der Waals surface area contributed by atoms with Crippen LogP contribution in [0.1, 0.15) is 24.8 Å². The number of carbonyl (C=O) groups is 1. The summed E-state index contributed by atoms with van der Waals surface area (Å²) >= 11 is 5.85. The van der Waals surface area contributed by atoms with E-state index in [2.05, 4.69) is 20.5 Å². The highest BCUT2D eigenvalue weighted by Crippen LogP contribution is 2.37. The van der Waals surface area contributed by atoms with E-state index in [4.69, 9.17) is 11.6 Å². The van der Waals surface area contributed by atoms with Crippen LogP contribution < -0.4 is 10.6 Å². The Balaban J connectivity index is 1.26. The van der Waals surface area contributed by atoms with E-state index in [0.717, 1.165) is 58.8 Å². The maximum absolute atomic E-state index is 12.9. The van der Waals surface area contributed by atoms with E-state index in [1.807, 2.05) is 23.2 Å². The van der Waals surface area contributed by atoms with Crippen LogP contribution in [0.25, 0.3) is 0 Å². The summed E-state index contributed by atoms with van der Waals surface area (Å²) in [5, 5.41) is 7.48. The van der Waals surface area contributed by atoms with Crippen molar-refractivity contribution in [2.45, 2.75) is 31.8 Å². The molecule has 1 aromatic rings. The van der Waals surface area contributed by atoms with Gasteiger partial charge in [0, 0.05) is 45.5 Å². The smallest absolute Gasteiger partial charge is 0.239 e. The Kier molecular flexibility index (Phi) is 5.45. The molecule has 3 aliphatic heterocycles. The number of hydrogen-bond acceptors (Lipinski definition) is 5. The lowest BCUT2D eigenvalue weighted by Gasteiger charge is -2.36. The fraction of sp³-hybridized carbons (Fsp3) is 0.684. The monoisotopic (exact) mass is 377 g/mol. The molecule has 0 radical (unpaired) electrons. The maximum atomic E-state index is 12.9. The van der Waals surface area contributed by atoms with E-state index in [0.29, 0.717) is 16.5 Å². The first kappa shape index (κ1) is 18.2. The number of pyridine rings is 1. The maximum Gasteiger partial charge on any atom is 0.239 e. The van der Waals surface area contributed by atoms with Gasteiger partial charge in [0.25, 0.3) is 0 Å². The number of nitrogens with one attached hydrogen (secondary N) is 2. The Labute approximate surface area is 160 Å². The number of nitrogens with zero attached hydrogens (tertiary/aromatic N) is 3. The molecule has 0 aromatic carbocycles. The van der Waals surface area contributed by atoms with E-state index in [9.17, 15) is 4.79 Å². The fourth-order valence-corrected chi connectivity index (χ4v) is 4.65. The zero-order chi connectivity index (χ0) is 18.0. The Morgan fingerprint density at radius 3 is 2.69 bits per heavy atom. The second kappa shape index (κ2) is 7.80. The lowest BCUT2D eigenvalue weighted by Crippen LogP contribution is -2.52. The molecule has 4 heterocycles. The zero-order valence-corrected chi connectivity index (χ0v) is 16.0. The van der Waals surface area contributed by atoms with Crippen molar-refractivity contribution in [3.8, 4) is 0 Å². The first-order chi connectivity index (χ1) is 12.6. The molecular weight excluding hydrogens is 350 g/mol. The molecule has 1 atom stereocenters. The van der Waals surface area contributed by atoms with Gasteiger partial charge in [0.1, 0.15) is 5.15 Å². The molecule has 1 amide bonds. The minimum absolute atomic E-state index is 0.0140. The zero-order valence-electron chi connectivity index (χ0n) is 15.2. The summed E-state index contributed by atoms with van der Waals surface area (Å²) in [6.45, 7) is 7.48. The van der Waals surface area contributed by atoms with Crippen molar-refractivity contribution >= 4 is 17.5 Å². The summed E-state index contributed by atoms with van der Waals surface area (Å²) in [5.74, 6) is 0.299. The number of aromatic nitrogens is 1. The lowest BCUT2D eigenvalue weighted by molar-refractivity contribution is -0.135. The van der Waals surface area contributed by atoms with E-state index < -0.39 is 0 Å². The van der Waals surface area contributed by atoms with Gasteiger partial charge >= 0.3 is 0 Å². The van der Waals surface area contributed by atoms with Gasteiger partial charge in [-0.3, -0.25) is 9.69 Å². The van der Waals surface area contributed by atoms with Crippen molar-refractivity contribution in [1.29, 1.82) is 0 Å². The molecule has 26 heavy (non-hydrogen) atoms. The number of hydrogen-bond donors (Lipinski definition) is 2. The third kappa shape index (κ3) is 4.03. The second-order valence-corrected chi connectivity index (χ2v) is 8.37. The molecule has 2 N–H and O–H groups in total. The van der Waals surface area contributed by atoms with Gasteiger partial charge in [-0.25, -0.2) is 4.98 Å². The fourth-order valence-electron chi connectivity index (χ4n) is 4.53. The van der Waals surface area contributed by atoms with Gasteiger partial charge in [0.05, 0.1) is 6.04 Å². The van der Waals surface area contributed by atoms with Crippen molar-refractivity contribution in [3.63, 3.8) is 0 Å². The number of rotatable bonds is 3. The van der Waals surface area contributed by atoms with Crippen LogP contribution in [-0.4, -0.2) is 72.5 Å². The van der Waals surface area contributed by atoms with Gasteiger partial charge in [-0.2, -0.15) is 0 Å². The van der Waals surface area contributed by atoms with E-state index in [1.54, 1.807) is 0 Å². The number of halogens is 1. The number of carbonyl (C=O) groups excluding carboxylic acids is 1. The average molecular weight is 378 g/mol. The molecule has 3 fully saturated rings. The van der Waals surface area contributed by atoms with E-state index in [1.165, 1.54) is 18.4 Å². The Bertz CT molecular complexity index is 623. The quantitative estimate of drug-likeness (QED) is 0.773. The Hall–Kier alpha value is -1.21. The van der Waals surface area contributed by atoms with Gasteiger partial charge in [-0.1, -0.05) is 17.7 Å². The molecule has 142 valence electrons. The molecule has 1 unspecified atom stereocenters. The summed E-state index contributed by atoms with van der Waals surface area (Å²) in [4.78, 5) is 21.5. The van der Waals surface area contributed by atoms with Gasteiger partial charge in [-0.05, 0) is 49.4 Å². The van der Waals surface area contributed by atoms with Crippen molar-refractivity contribution in [1.82, 2.24) is 25.4 Å². The molecular formula is C19H28ClN5O. The topological polar surface area (TPSA) is 60.5 Å². The molecule has 3 saturated heterocycles. The third-order valence-electron chi connectivity index (χ3n) is 6.20. The predicted octanol–water partition coefficient (Wildman–Crippen LogP) is 1.11. The SMILES string of the molecule is O=C(C1CC2(CCNCC2)CN1)N1CCN(Cc2ccc(Cl)nc2)CC1. The van der Waals surface area contributed by atoms with E-state index >= 15 is 0 Å². The summed E-state index contributed by atoms with van der Waals surface area (Å²) in [5.41, 5.74) is 1.51. The highest BCUT2D eigenvalue weighted by molar-refractivity contribution is 6.29. The molecule has 4 rings (SSSR count). The number of piperidine rings is 1. The van der Waals surface area contributed by atoms with Gasteiger partial charge in [-0.15, -0.1) is 0 Å². The number of amides is 1. The molecule has 0 bridgehead atoms. The number of piperazine rings is 1. The summed E-state index contributed by atoms with van der Waals surface area (Å²) in [6, 6.07) is 3.87. The standard InChI is InChI=1S/C19H28ClN5O/c20-17-2-1-15(12-22-17)13-24-7-9-25(10-8-24)18(26)16-11-19(14-23-16)3-5-21-6-4-19/h1-2,12,16,21,23H,3-11,13-14H2. The lowest BCUT2D eigenvalue weighted by atomic mass is 9.77. The van der Waals surface area contributed by atoms with Gasteiger partial charge in [0.15, 0.2) is 0 Å². The molecule has 6 nitrogen and oxygen atoms in total. The van der Waals surface area contributed by atoms with Crippen LogP contribution in [0.4, 0.5) is 0 Å². The first-order valence-electron chi connectivity index (χ1n) is 9.69. The predicted molar refractivity (Wildman–Crippen MR) is 102 cm³/mol. The first-order valence-corrected chi connectivity index (χ1v) is 10.1. The highest BCUT2D eigenvalue weighted by atomic mass is 35.5. The normalized spacial score (nSPS) is 26.3. The molecule has 1 aromatic heterocycles. The van der Waals surface area contributed by atoms with Crippen LogP contribution in [0.3, 0.4) is 0 Å². The average Bonchev–Trinajstić information content (AvgIpc) is 3.07. The van der Waals surface area contributed by atoms with Crippen molar-refractivity contribution in [2.75, 3.05) is 45.8 Å². The van der Waals surface area contributed by atoms with Gasteiger partial charge < -0.3 is 15.5 Å². The minimum atomic E-state index is 0.0140. The third-order valence-corrected chi connectivity index (χ3v) is 6.43. The largest absolute Gasteiger partial charge is 0.339 e. The summed E-state index contributed by atoms with van der Waals surface area (Å²) in [7, 11) is 0. The minimum Gasteiger partial charge on any atom is -0.339 e. The summed E-state index contributed by atoms with van der Waals surface area (Å²) in [6.07, 6.45) is 5.21. The highest BCUT2D eigenvalue weighted by Gasteiger charge is 2.43. The van der Waals surface area contributed by atoms with Crippen molar-refractivity contribution in [3.05, 3.63) is 29.0 Å². The molecule has 1 spiro atoms. The Morgan fingerprint density at radius 1 is 1.23 bits per heavy atom. The second-order valence-electron chi connectivity index (χ2n) is 7.98. The van der Waals surface area contributed by atoms with Crippen LogP contribution in [0.15, 0.2) is 18.3 Å². The van der Waals surface area contributed by atoms with Crippen LogP contribution in [0.5, 0.6) is 0 Å². The van der Waals surface area contributed by atoms with Crippen LogP contribution >= 0.6 is 11.6 Å².